The van der Waals surface area contributed by atoms with Crippen LogP contribution in [0.15, 0.2) is 50.6 Å². The number of esters is 1. The van der Waals surface area contributed by atoms with Crippen molar-refractivity contribution in [1.82, 2.24) is 0 Å². The summed E-state index contributed by atoms with van der Waals surface area (Å²) in [6.45, 7) is 12.5. The van der Waals surface area contributed by atoms with Crippen LogP contribution in [0.25, 0.3) is 0 Å². The maximum atomic E-state index is 12.5. The zero-order chi connectivity index (χ0) is 25.5. The van der Waals surface area contributed by atoms with Crippen LogP contribution in [0.3, 0.4) is 0 Å². The Kier molecular flexibility index (Phi) is 12.5. The number of aliphatic hydroxyl groups excluding tert-OH is 1. The molecule has 0 radical (unpaired) electrons. The second-order valence-electron chi connectivity index (χ2n) is 6.16. The van der Waals surface area contributed by atoms with Gasteiger partial charge in [-0.15, -0.1) is 0 Å². The highest BCUT2D eigenvalue weighted by Crippen LogP contribution is 2.29. The van der Waals surface area contributed by atoms with Crippen LogP contribution in [-0.4, -0.2) is 86.7 Å². The number of carbonyl (C=O) groups excluding carboxylic acids is 4. The minimum atomic E-state index is -2.06. The predicted molar refractivity (Wildman–Crippen MR) is 111 cm³/mol. The van der Waals surface area contributed by atoms with Gasteiger partial charge in [0.05, 0.1) is 0 Å². The van der Waals surface area contributed by atoms with E-state index < -0.39 is 55.1 Å². The van der Waals surface area contributed by atoms with Crippen molar-refractivity contribution in [2.75, 3.05) is 26.4 Å². The summed E-state index contributed by atoms with van der Waals surface area (Å²) in [7, 11) is 0. The number of hydrogen-bond acceptors (Lipinski definition) is 13. The minimum Gasteiger partial charge on any atom is -0.459 e. The monoisotopic (exact) mass is 486 g/mol. The summed E-state index contributed by atoms with van der Waals surface area (Å²) in [5.41, 5.74) is 0. The van der Waals surface area contributed by atoms with E-state index in [9.17, 15) is 24.3 Å². The average Bonchev–Trinajstić information content (AvgIpc) is 2.81. The van der Waals surface area contributed by atoms with E-state index in [1.165, 1.54) is 24.3 Å². The molecule has 0 aliphatic carbocycles. The topological polar surface area (TPSA) is 162 Å². The van der Waals surface area contributed by atoms with E-state index in [1.54, 1.807) is 0 Å². The number of rotatable bonds is 12. The molecule has 0 aromatic heterocycles. The molecule has 1 heterocycles. The largest absolute Gasteiger partial charge is 0.509 e. The van der Waals surface area contributed by atoms with Gasteiger partial charge in [0.15, 0.2) is 30.7 Å². The van der Waals surface area contributed by atoms with Gasteiger partial charge in [-0.2, -0.15) is 0 Å². The van der Waals surface area contributed by atoms with Crippen LogP contribution < -0.4 is 0 Å². The zero-order valence-corrected chi connectivity index (χ0v) is 18.2. The first-order valence-corrected chi connectivity index (χ1v) is 9.72. The third-order valence-electron chi connectivity index (χ3n) is 3.74. The molecule has 188 valence electrons. The Morgan fingerprint density at radius 1 is 0.647 bits per heavy atom. The van der Waals surface area contributed by atoms with Crippen molar-refractivity contribution >= 4 is 24.4 Å². The summed E-state index contributed by atoms with van der Waals surface area (Å²) >= 11 is 0. The first kappa shape index (κ1) is 28.2. The highest BCUT2D eigenvalue weighted by molar-refractivity contribution is 5.77. The fraction of sp³-hybridized carbons (Fsp3) is 0.429. The van der Waals surface area contributed by atoms with Gasteiger partial charge in [-0.25, -0.2) is 19.2 Å². The van der Waals surface area contributed by atoms with Crippen molar-refractivity contribution < 1.29 is 62.2 Å². The fourth-order valence-corrected chi connectivity index (χ4v) is 2.44. The molecule has 13 nitrogen and oxygen atoms in total. The Balaban J connectivity index is 3.31. The molecule has 0 aromatic rings. The lowest BCUT2D eigenvalue weighted by atomic mass is 9.98. The predicted octanol–water partition coefficient (Wildman–Crippen LogP) is 1.56. The number of hydrogen-bond donors (Lipinski definition) is 1. The van der Waals surface area contributed by atoms with Crippen LogP contribution >= 0.6 is 0 Å². The molecular formula is C21H26O13. The molecule has 1 fully saturated rings. The second kappa shape index (κ2) is 15.1. The van der Waals surface area contributed by atoms with Gasteiger partial charge in [-0.3, -0.25) is 0 Å². The third kappa shape index (κ3) is 8.96. The van der Waals surface area contributed by atoms with E-state index in [4.69, 9.17) is 33.2 Å². The molecular weight excluding hydrogens is 460 g/mol. The van der Waals surface area contributed by atoms with Crippen molar-refractivity contribution in [3.63, 3.8) is 0 Å². The van der Waals surface area contributed by atoms with E-state index in [1.807, 2.05) is 0 Å². The molecule has 34 heavy (non-hydrogen) atoms. The first-order chi connectivity index (χ1) is 16.3. The molecule has 1 saturated heterocycles. The van der Waals surface area contributed by atoms with Crippen molar-refractivity contribution in [2.24, 2.45) is 0 Å². The van der Waals surface area contributed by atoms with Crippen LogP contribution in [0.4, 0.5) is 14.4 Å². The quantitative estimate of drug-likeness (QED) is 0.240. The van der Waals surface area contributed by atoms with Gasteiger partial charge in [0, 0.05) is 0 Å². The van der Waals surface area contributed by atoms with Crippen molar-refractivity contribution in [3.05, 3.63) is 50.6 Å². The highest BCUT2D eigenvalue weighted by Gasteiger charge is 2.55. The first-order valence-electron chi connectivity index (χ1n) is 9.72. The molecule has 1 aliphatic rings. The van der Waals surface area contributed by atoms with Crippen molar-refractivity contribution in [2.45, 2.75) is 30.7 Å². The fourth-order valence-electron chi connectivity index (χ4n) is 2.44. The molecule has 1 N–H and O–H groups in total. The van der Waals surface area contributed by atoms with Gasteiger partial charge in [-0.1, -0.05) is 50.6 Å². The van der Waals surface area contributed by atoms with Crippen LogP contribution in [0.1, 0.15) is 0 Å². The summed E-state index contributed by atoms with van der Waals surface area (Å²) < 4.78 is 39.4. The molecule has 0 amide bonds. The third-order valence-corrected chi connectivity index (χ3v) is 3.74. The van der Waals surface area contributed by atoms with Gasteiger partial charge in [0.25, 0.3) is 0 Å². The molecule has 13 heteroatoms. The molecule has 1 aliphatic heterocycles. The van der Waals surface area contributed by atoms with Crippen LogP contribution in [0, 0.1) is 0 Å². The lowest BCUT2D eigenvalue weighted by molar-refractivity contribution is -0.284. The average molecular weight is 486 g/mol. The maximum Gasteiger partial charge on any atom is 0.509 e. The Labute approximate surface area is 195 Å². The van der Waals surface area contributed by atoms with E-state index in [0.29, 0.717) is 0 Å². The summed E-state index contributed by atoms with van der Waals surface area (Å²) in [5, 5.41) is 10.4. The molecule has 0 bridgehead atoms. The lowest BCUT2D eigenvalue weighted by Gasteiger charge is -2.41. The van der Waals surface area contributed by atoms with E-state index in [-0.39, 0.29) is 26.4 Å². The molecule has 0 unspecified atom stereocenters. The lowest BCUT2D eigenvalue weighted by Crippen LogP contribution is -2.63. The SMILES string of the molecule is C=CCOC(=O)O[C@@H]1[C@@H](OC(=O)OCC=C)[C@@H](O)O[C@H](C(=O)OCC=C)[C@H]1OC(=O)OCC=C. The van der Waals surface area contributed by atoms with Gasteiger partial charge in [-0.05, 0) is 0 Å². The maximum absolute atomic E-state index is 12.5. The van der Waals surface area contributed by atoms with Crippen LogP contribution in [0.5, 0.6) is 0 Å². The standard InChI is InChI=1S/C21H26O13/c1-5-9-27-17(22)15-13(32-19(24)28-10-6-2)14(33-20(25)29-11-7-3)16(18(23)31-15)34-21(26)30-12-8-4/h5-8,13-16,18,23H,1-4,9-12H2/t13-,14-,15-,16+,18-/m0/s1. The molecule has 5 atom stereocenters. The van der Waals surface area contributed by atoms with Crippen molar-refractivity contribution in [3.8, 4) is 0 Å². The smallest absolute Gasteiger partial charge is 0.459 e. The molecule has 1 rings (SSSR count). The van der Waals surface area contributed by atoms with Crippen LogP contribution in [0.2, 0.25) is 0 Å². The summed E-state index contributed by atoms with van der Waals surface area (Å²) in [6.07, 6.45) is -8.43. The minimum absolute atomic E-state index is 0.250. The number of ether oxygens (including phenoxy) is 8. The second-order valence-corrected chi connectivity index (χ2v) is 6.16. The Morgan fingerprint density at radius 3 is 1.47 bits per heavy atom. The molecule has 0 aromatic carbocycles. The summed E-state index contributed by atoms with van der Waals surface area (Å²) in [6, 6.07) is 0. The highest BCUT2D eigenvalue weighted by atomic mass is 16.8. The van der Waals surface area contributed by atoms with Gasteiger partial charge in [0.1, 0.15) is 26.4 Å². The van der Waals surface area contributed by atoms with Gasteiger partial charge in [0.2, 0.25) is 0 Å². The van der Waals surface area contributed by atoms with E-state index in [0.717, 1.165) is 0 Å². The molecule has 0 saturated carbocycles. The summed E-state index contributed by atoms with van der Waals surface area (Å²) in [4.78, 5) is 48.7. The Morgan fingerprint density at radius 2 is 1.03 bits per heavy atom. The number of carbonyl (C=O) groups is 4. The van der Waals surface area contributed by atoms with Gasteiger partial charge >= 0.3 is 24.4 Å². The zero-order valence-electron chi connectivity index (χ0n) is 18.2. The van der Waals surface area contributed by atoms with E-state index in [2.05, 4.69) is 31.1 Å². The van der Waals surface area contributed by atoms with Crippen molar-refractivity contribution in [1.29, 1.82) is 0 Å². The van der Waals surface area contributed by atoms with Gasteiger partial charge < -0.3 is 43.0 Å². The molecule has 0 spiro atoms. The number of aliphatic hydroxyl groups is 1. The van der Waals surface area contributed by atoms with Crippen LogP contribution in [-0.2, 0) is 42.7 Å². The Hall–Kier alpha value is -3.84. The summed E-state index contributed by atoms with van der Waals surface area (Å²) in [5.74, 6) is -1.12. The van der Waals surface area contributed by atoms with E-state index >= 15 is 0 Å². The normalized spacial score (nSPS) is 23.3. The Bertz CT molecular complexity index is 762.